The van der Waals surface area contributed by atoms with E-state index in [4.69, 9.17) is 0 Å². The molecule has 0 unspecified atom stereocenters. The van der Waals surface area contributed by atoms with Gasteiger partial charge < -0.3 is 4.74 Å². The van der Waals surface area contributed by atoms with Crippen molar-refractivity contribution in [3.63, 3.8) is 0 Å². The van der Waals surface area contributed by atoms with Gasteiger partial charge in [0.05, 0.1) is 12.7 Å². The molecule has 5 aromatic rings. The van der Waals surface area contributed by atoms with Crippen molar-refractivity contribution in [2.75, 3.05) is 7.11 Å². The van der Waals surface area contributed by atoms with Gasteiger partial charge in [0.25, 0.3) is 0 Å². The monoisotopic (exact) mass is 558 g/mol. The number of halogens is 11. The molecule has 0 saturated carbocycles. The molecule has 0 aliphatic heterocycles. The normalized spacial score (nSPS) is 11.6. The number of fused-ring (bicyclic) bond motifs is 2. The van der Waals surface area contributed by atoms with Gasteiger partial charge in [0.2, 0.25) is 11.6 Å². The molecule has 0 N–H and O–H groups in total. The summed E-state index contributed by atoms with van der Waals surface area (Å²) in [6.07, 6.45) is 0. The molecular weight excluding hydrogens is 549 g/mol. The summed E-state index contributed by atoms with van der Waals surface area (Å²) in [5.74, 6) is -23.4. The lowest BCUT2D eigenvalue weighted by molar-refractivity contribution is 0.334. The molecule has 0 heterocycles. The fraction of sp³-hybridized carbons (Fsp3) is 0.0370. The number of rotatable bonds is 3. The quantitative estimate of drug-likeness (QED) is 0.0931. The third-order valence-corrected chi connectivity index (χ3v) is 6.17. The summed E-state index contributed by atoms with van der Waals surface area (Å²) in [4.78, 5) is 0. The van der Waals surface area contributed by atoms with Crippen LogP contribution in [0.2, 0.25) is 0 Å². The summed E-state index contributed by atoms with van der Waals surface area (Å²) >= 11 is 0. The smallest absolute Gasteiger partial charge is 0.204 e. The van der Waals surface area contributed by atoms with Crippen LogP contribution in [0.4, 0.5) is 48.3 Å². The van der Waals surface area contributed by atoms with E-state index >= 15 is 17.6 Å². The van der Waals surface area contributed by atoms with Gasteiger partial charge in [-0.3, -0.25) is 0 Å². The highest BCUT2D eigenvalue weighted by molar-refractivity contribution is 6.22. The highest BCUT2D eigenvalue weighted by Gasteiger charge is 2.34. The van der Waals surface area contributed by atoms with Crippen molar-refractivity contribution in [2.45, 2.75) is 0 Å². The lowest BCUT2D eigenvalue weighted by Crippen LogP contribution is -2.07. The molecule has 5 aromatic carbocycles. The molecule has 200 valence electrons. The van der Waals surface area contributed by atoms with E-state index < -0.39 is 114 Å². The minimum Gasteiger partial charge on any atom is -0.491 e. The van der Waals surface area contributed by atoms with Gasteiger partial charge in [-0.15, -0.1) is 0 Å². The van der Waals surface area contributed by atoms with Crippen LogP contribution < -0.4 is 4.74 Å². The third-order valence-electron chi connectivity index (χ3n) is 6.17. The number of methoxy groups -OCH3 is 1. The molecule has 1 nitrogen and oxygen atoms in total. The van der Waals surface area contributed by atoms with Crippen LogP contribution in [0.15, 0.2) is 36.4 Å². The Morgan fingerprint density at radius 1 is 0.462 bits per heavy atom. The van der Waals surface area contributed by atoms with Gasteiger partial charge in [-0.2, -0.15) is 8.78 Å². The van der Waals surface area contributed by atoms with Gasteiger partial charge in [-0.05, 0) is 35.0 Å². The maximum Gasteiger partial charge on any atom is 0.204 e. The average molecular weight is 558 g/mol. The average Bonchev–Trinajstić information content (AvgIpc) is 2.90. The Hall–Kier alpha value is -4.35. The summed E-state index contributed by atoms with van der Waals surface area (Å²) in [5.41, 5.74) is -4.60. The number of hydrogen-bond acceptors (Lipinski definition) is 1. The predicted octanol–water partition coefficient (Wildman–Crippen LogP) is 8.87. The first-order valence-corrected chi connectivity index (χ1v) is 10.7. The molecule has 0 fully saturated rings. The van der Waals surface area contributed by atoms with Crippen molar-refractivity contribution in [1.29, 1.82) is 0 Å². The van der Waals surface area contributed by atoms with E-state index in [9.17, 15) is 30.7 Å². The Labute approximate surface area is 210 Å². The van der Waals surface area contributed by atoms with Crippen molar-refractivity contribution in [3.05, 3.63) is 100 Å². The van der Waals surface area contributed by atoms with Gasteiger partial charge >= 0.3 is 0 Å². The second-order valence-electron chi connectivity index (χ2n) is 8.23. The summed E-state index contributed by atoms with van der Waals surface area (Å²) in [5, 5.41) is -4.21. The van der Waals surface area contributed by atoms with Crippen LogP contribution in [0.5, 0.6) is 5.75 Å². The topological polar surface area (TPSA) is 9.23 Å². The van der Waals surface area contributed by atoms with Crippen molar-refractivity contribution >= 4 is 21.5 Å². The van der Waals surface area contributed by atoms with Crippen molar-refractivity contribution < 1.29 is 53.0 Å². The standard InChI is InChI=1S/C27H9F11O/c1-39-27-25(37)21(33)18(22(34)26(27)38)15-12-6-8(28)2-4-10(12)14(11-5-3-9(29)7-13(11)30)16-17(15)20(32)24(36)23(35)19(16)31/h2-7H,1H3. The highest BCUT2D eigenvalue weighted by atomic mass is 19.2. The second kappa shape index (κ2) is 9.14. The van der Waals surface area contributed by atoms with Crippen LogP contribution in [-0.4, -0.2) is 7.11 Å². The highest BCUT2D eigenvalue weighted by Crippen LogP contribution is 2.49. The molecule has 0 bridgehead atoms. The fourth-order valence-corrected chi connectivity index (χ4v) is 4.55. The van der Waals surface area contributed by atoms with Gasteiger partial charge in [-0.1, -0.05) is 6.07 Å². The third kappa shape index (κ3) is 3.68. The van der Waals surface area contributed by atoms with Gasteiger partial charge in [0.1, 0.15) is 17.5 Å². The van der Waals surface area contributed by atoms with Crippen LogP contribution in [0.3, 0.4) is 0 Å². The number of benzene rings is 5. The molecule has 0 amide bonds. The Kier molecular flexibility index (Phi) is 6.15. The maximum absolute atomic E-state index is 15.4. The molecule has 0 atom stereocenters. The van der Waals surface area contributed by atoms with Crippen LogP contribution in [-0.2, 0) is 0 Å². The largest absolute Gasteiger partial charge is 0.491 e. The first-order chi connectivity index (χ1) is 18.4. The minimum atomic E-state index is -2.50. The molecule has 39 heavy (non-hydrogen) atoms. The van der Waals surface area contributed by atoms with E-state index in [0.29, 0.717) is 37.4 Å². The molecule has 0 aliphatic rings. The molecule has 5 rings (SSSR count). The van der Waals surface area contributed by atoms with Gasteiger partial charge in [-0.25, -0.2) is 39.5 Å². The lowest BCUT2D eigenvalue weighted by Gasteiger charge is -2.21. The number of ether oxygens (including phenoxy) is 1. The Bertz CT molecular complexity index is 1840. The molecule has 0 aliphatic carbocycles. The van der Waals surface area contributed by atoms with Crippen LogP contribution in [0.1, 0.15) is 0 Å². The van der Waals surface area contributed by atoms with Crippen molar-refractivity contribution in [1.82, 2.24) is 0 Å². The minimum absolute atomic E-state index is 0.312. The Balaban J connectivity index is 2.18. The summed E-state index contributed by atoms with van der Waals surface area (Å²) in [6, 6.07) is 3.65. The van der Waals surface area contributed by atoms with E-state index in [-0.39, 0.29) is 0 Å². The summed E-state index contributed by atoms with van der Waals surface area (Å²) < 4.78 is 167. The van der Waals surface area contributed by atoms with Gasteiger partial charge in [0, 0.05) is 33.5 Å². The van der Waals surface area contributed by atoms with Crippen LogP contribution in [0.25, 0.3) is 43.8 Å². The fourth-order valence-electron chi connectivity index (χ4n) is 4.55. The first kappa shape index (κ1) is 26.3. The van der Waals surface area contributed by atoms with E-state index in [1.807, 2.05) is 0 Å². The Morgan fingerprint density at radius 3 is 1.51 bits per heavy atom. The summed E-state index contributed by atoms with van der Waals surface area (Å²) in [6.45, 7) is 0. The second-order valence-corrected chi connectivity index (χ2v) is 8.23. The zero-order valence-electron chi connectivity index (χ0n) is 19.0. The molecular formula is C27H9F11O. The SMILES string of the molecule is COc1c(F)c(F)c(-c2c3cc(F)ccc3c(-c3ccc(F)cc3F)c3c(F)c(F)c(F)c(F)c23)c(F)c1F. The first-order valence-electron chi connectivity index (χ1n) is 10.7. The van der Waals surface area contributed by atoms with Crippen molar-refractivity contribution in [2.24, 2.45) is 0 Å². The van der Waals surface area contributed by atoms with E-state index in [0.717, 1.165) is 6.07 Å². The van der Waals surface area contributed by atoms with E-state index in [1.54, 1.807) is 0 Å². The maximum atomic E-state index is 15.4. The molecule has 0 aromatic heterocycles. The molecule has 0 radical (unpaired) electrons. The van der Waals surface area contributed by atoms with Crippen molar-refractivity contribution in [3.8, 4) is 28.0 Å². The zero-order valence-corrected chi connectivity index (χ0v) is 19.0. The molecule has 0 spiro atoms. The van der Waals surface area contributed by atoms with Crippen LogP contribution >= 0.6 is 0 Å². The van der Waals surface area contributed by atoms with E-state index in [1.165, 1.54) is 0 Å². The van der Waals surface area contributed by atoms with Gasteiger partial charge in [0.15, 0.2) is 40.7 Å². The predicted molar refractivity (Wildman–Crippen MR) is 118 cm³/mol. The zero-order chi connectivity index (χ0) is 28.5. The van der Waals surface area contributed by atoms with E-state index in [2.05, 4.69) is 4.74 Å². The molecule has 12 heteroatoms. The lowest BCUT2D eigenvalue weighted by atomic mass is 9.84. The summed E-state index contributed by atoms with van der Waals surface area (Å²) in [7, 11) is 0.666. The Morgan fingerprint density at radius 2 is 0.974 bits per heavy atom. The number of hydrogen-bond donors (Lipinski definition) is 0. The van der Waals surface area contributed by atoms with Crippen LogP contribution in [0, 0.1) is 64.0 Å². The molecule has 0 saturated heterocycles.